The summed E-state index contributed by atoms with van der Waals surface area (Å²) in [5.41, 5.74) is 7.94. The maximum Gasteiger partial charge on any atom is 0.410 e. The Bertz CT molecular complexity index is 1640. The minimum absolute atomic E-state index is 0.316. The first-order valence-electron chi connectivity index (χ1n) is 14.0. The zero-order chi connectivity index (χ0) is 28.9. The van der Waals surface area contributed by atoms with E-state index in [0.717, 1.165) is 39.4 Å². The molecule has 0 radical (unpaired) electrons. The summed E-state index contributed by atoms with van der Waals surface area (Å²) in [4.78, 5) is 13.8. The molecule has 42 heavy (non-hydrogen) atoms. The summed E-state index contributed by atoms with van der Waals surface area (Å²) < 4.78 is 22.9. The van der Waals surface area contributed by atoms with Gasteiger partial charge in [-0.05, 0) is 65.1 Å². The van der Waals surface area contributed by atoms with Gasteiger partial charge in [0.15, 0.2) is 11.5 Å². The average molecular weight is 562 g/mol. The van der Waals surface area contributed by atoms with E-state index in [4.69, 9.17) is 24.2 Å². The number of fused-ring (bicyclic) bond motifs is 1. The van der Waals surface area contributed by atoms with E-state index in [1.54, 1.807) is 17.0 Å². The molecule has 2 aliphatic rings. The molecule has 0 atom stereocenters. The molecule has 1 saturated heterocycles. The molecule has 0 aliphatic carbocycles. The van der Waals surface area contributed by atoms with Crippen LogP contribution in [0.15, 0.2) is 78.9 Å². The van der Waals surface area contributed by atoms with E-state index in [1.807, 2.05) is 42.5 Å². The highest BCUT2D eigenvalue weighted by Gasteiger charge is 2.23. The van der Waals surface area contributed by atoms with E-state index in [0.29, 0.717) is 57.4 Å². The number of hydrogen-bond donors (Lipinski definition) is 1. The third kappa shape index (κ3) is 5.96. The summed E-state index contributed by atoms with van der Waals surface area (Å²) >= 11 is 0. The summed E-state index contributed by atoms with van der Waals surface area (Å²) in [7, 11) is 0. The van der Waals surface area contributed by atoms with Crippen LogP contribution in [0.2, 0.25) is 0 Å². The number of nitriles is 1. The van der Waals surface area contributed by atoms with E-state index in [9.17, 15) is 4.79 Å². The van der Waals surface area contributed by atoms with Gasteiger partial charge < -0.3 is 29.2 Å². The maximum absolute atomic E-state index is 12.1. The Morgan fingerprint density at radius 2 is 1.74 bits per heavy atom. The molecule has 4 aromatic carbocycles. The third-order valence-corrected chi connectivity index (χ3v) is 7.53. The standard InChI is InChI=1S/C34H31N3O5/c1-23-27(3-2-4-30(23)26-10-12-31-33(17-26)40-16-15-39-31)20-36-29-11-9-28(21-37-13-14-41-34(37)38)32(18-29)42-22-25-7-5-24(19-35)6-8-25/h2-12,17-18,36H,13-16,20-22H2,1H3. The minimum Gasteiger partial charge on any atom is -0.488 e. The second-order valence-electron chi connectivity index (χ2n) is 10.3. The fraction of sp³-hybridized carbons (Fsp3) is 0.235. The summed E-state index contributed by atoms with van der Waals surface area (Å²) in [5, 5.41) is 12.6. The molecule has 1 N–H and O–H groups in total. The Morgan fingerprint density at radius 1 is 0.905 bits per heavy atom. The van der Waals surface area contributed by atoms with Crippen LogP contribution in [0.25, 0.3) is 11.1 Å². The zero-order valence-corrected chi connectivity index (χ0v) is 23.4. The summed E-state index contributed by atoms with van der Waals surface area (Å²) in [6, 6.07) is 27.8. The van der Waals surface area contributed by atoms with Crippen molar-refractivity contribution in [3.63, 3.8) is 0 Å². The second-order valence-corrected chi connectivity index (χ2v) is 10.3. The number of anilines is 1. The normalized spacial score (nSPS) is 13.8. The van der Waals surface area contributed by atoms with Crippen LogP contribution in [0.1, 0.15) is 27.8 Å². The van der Waals surface area contributed by atoms with Crippen molar-refractivity contribution in [3.05, 3.63) is 107 Å². The van der Waals surface area contributed by atoms with Gasteiger partial charge in [-0.3, -0.25) is 0 Å². The molecule has 0 unspecified atom stereocenters. The van der Waals surface area contributed by atoms with Crippen LogP contribution in [0.5, 0.6) is 17.2 Å². The Morgan fingerprint density at radius 3 is 2.52 bits per heavy atom. The van der Waals surface area contributed by atoms with Crippen LogP contribution in [0.4, 0.5) is 10.5 Å². The van der Waals surface area contributed by atoms with Crippen LogP contribution in [-0.4, -0.2) is 37.4 Å². The van der Waals surface area contributed by atoms with Gasteiger partial charge in [0, 0.05) is 23.9 Å². The van der Waals surface area contributed by atoms with E-state index >= 15 is 0 Å². The van der Waals surface area contributed by atoms with Crippen LogP contribution >= 0.6 is 0 Å². The van der Waals surface area contributed by atoms with Crippen molar-refractivity contribution < 1.29 is 23.7 Å². The highest BCUT2D eigenvalue weighted by molar-refractivity contribution is 5.72. The molecule has 4 aromatic rings. The Labute approximate surface area is 245 Å². The number of rotatable bonds is 9. The summed E-state index contributed by atoms with van der Waals surface area (Å²) in [6.07, 6.45) is -0.316. The molecule has 0 aromatic heterocycles. The van der Waals surface area contributed by atoms with Crippen LogP contribution < -0.4 is 19.5 Å². The number of amides is 1. The lowest BCUT2D eigenvalue weighted by atomic mass is 9.96. The molecule has 0 spiro atoms. The molecule has 1 fully saturated rings. The van der Waals surface area contributed by atoms with Gasteiger partial charge in [0.1, 0.15) is 32.2 Å². The predicted molar refractivity (Wildman–Crippen MR) is 159 cm³/mol. The molecule has 2 aliphatic heterocycles. The monoisotopic (exact) mass is 561 g/mol. The lowest BCUT2D eigenvalue weighted by Crippen LogP contribution is -2.23. The molecule has 8 heteroatoms. The van der Waals surface area contributed by atoms with Crippen LogP contribution in [0.3, 0.4) is 0 Å². The molecule has 8 nitrogen and oxygen atoms in total. The van der Waals surface area contributed by atoms with Crippen molar-refractivity contribution in [1.82, 2.24) is 4.90 Å². The zero-order valence-electron chi connectivity index (χ0n) is 23.4. The molecular weight excluding hydrogens is 530 g/mol. The quantitative estimate of drug-likeness (QED) is 0.251. The smallest absolute Gasteiger partial charge is 0.410 e. The van der Waals surface area contributed by atoms with Gasteiger partial charge in [0.2, 0.25) is 0 Å². The number of cyclic esters (lactones) is 1. The number of nitrogens with zero attached hydrogens (tertiary/aromatic N) is 2. The maximum atomic E-state index is 12.1. The average Bonchev–Trinajstić information content (AvgIpc) is 3.44. The fourth-order valence-electron chi connectivity index (χ4n) is 5.14. The first-order valence-corrected chi connectivity index (χ1v) is 14.0. The molecule has 1 amide bonds. The van der Waals surface area contributed by atoms with Gasteiger partial charge in [0.05, 0.1) is 24.7 Å². The van der Waals surface area contributed by atoms with E-state index in [2.05, 4.69) is 42.6 Å². The Balaban J connectivity index is 1.20. The van der Waals surface area contributed by atoms with Gasteiger partial charge in [-0.25, -0.2) is 4.79 Å². The van der Waals surface area contributed by atoms with Crippen molar-refractivity contribution in [1.29, 1.82) is 5.26 Å². The molecule has 0 saturated carbocycles. The number of carbonyl (C=O) groups is 1. The number of benzene rings is 4. The minimum atomic E-state index is -0.316. The first kappa shape index (κ1) is 27.0. The summed E-state index contributed by atoms with van der Waals surface area (Å²) in [5.74, 6) is 2.24. The Hall–Kier alpha value is -5.16. The topological polar surface area (TPSA) is 93.1 Å². The lowest BCUT2D eigenvalue weighted by Gasteiger charge is -2.20. The first-order chi connectivity index (χ1) is 20.6. The van der Waals surface area contributed by atoms with Gasteiger partial charge in [0.25, 0.3) is 0 Å². The molecule has 2 heterocycles. The van der Waals surface area contributed by atoms with Crippen LogP contribution in [0, 0.1) is 18.3 Å². The van der Waals surface area contributed by atoms with Crippen molar-refractivity contribution in [3.8, 4) is 34.4 Å². The van der Waals surface area contributed by atoms with Crippen molar-refractivity contribution in [2.24, 2.45) is 0 Å². The third-order valence-electron chi connectivity index (χ3n) is 7.53. The van der Waals surface area contributed by atoms with E-state index < -0.39 is 0 Å². The van der Waals surface area contributed by atoms with E-state index in [-0.39, 0.29) is 6.09 Å². The number of ether oxygens (including phenoxy) is 4. The van der Waals surface area contributed by atoms with Crippen molar-refractivity contribution >= 4 is 11.8 Å². The summed E-state index contributed by atoms with van der Waals surface area (Å²) in [6.45, 7) is 5.56. The second kappa shape index (κ2) is 12.1. The number of carbonyl (C=O) groups excluding carboxylic acids is 1. The van der Waals surface area contributed by atoms with Crippen LogP contribution in [-0.2, 0) is 24.4 Å². The van der Waals surface area contributed by atoms with Gasteiger partial charge in [-0.1, -0.05) is 42.5 Å². The highest BCUT2D eigenvalue weighted by atomic mass is 16.6. The molecule has 6 rings (SSSR count). The number of hydrogen-bond acceptors (Lipinski definition) is 7. The fourth-order valence-corrected chi connectivity index (χ4v) is 5.14. The lowest BCUT2D eigenvalue weighted by molar-refractivity contribution is 0.157. The molecular formula is C34H31N3O5. The van der Waals surface area contributed by atoms with Gasteiger partial charge in [-0.2, -0.15) is 5.26 Å². The molecule has 0 bridgehead atoms. The number of nitrogens with one attached hydrogen (secondary N) is 1. The van der Waals surface area contributed by atoms with Crippen molar-refractivity contribution in [2.45, 2.75) is 26.6 Å². The highest BCUT2D eigenvalue weighted by Crippen LogP contribution is 2.36. The van der Waals surface area contributed by atoms with Crippen molar-refractivity contribution in [2.75, 3.05) is 31.7 Å². The molecule has 212 valence electrons. The Kier molecular flexibility index (Phi) is 7.82. The van der Waals surface area contributed by atoms with Gasteiger partial charge >= 0.3 is 6.09 Å². The largest absolute Gasteiger partial charge is 0.488 e. The predicted octanol–water partition coefficient (Wildman–Crippen LogP) is 6.45. The van der Waals surface area contributed by atoms with E-state index in [1.165, 1.54) is 11.1 Å². The SMILES string of the molecule is Cc1c(CNc2ccc(CN3CCOC3=O)c(OCc3ccc(C#N)cc3)c2)cccc1-c1ccc2c(c1)OCCO2. The van der Waals surface area contributed by atoms with Gasteiger partial charge in [-0.15, -0.1) is 0 Å².